The van der Waals surface area contributed by atoms with E-state index >= 15 is 0 Å². The fraction of sp³-hybridized carbons (Fsp3) is 0.571. The van der Waals surface area contributed by atoms with Crippen molar-refractivity contribution >= 4 is 0 Å². The van der Waals surface area contributed by atoms with E-state index in [9.17, 15) is 0 Å². The molecule has 17 heavy (non-hydrogen) atoms. The van der Waals surface area contributed by atoms with Gasteiger partial charge in [0.15, 0.2) is 0 Å². The Morgan fingerprint density at radius 2 is 2.35 bits per heavy atom. The molecule has 0 amide bonds. The minimum Gasteiger partial charge on any atom is -0.493 e. The summed E-state index contributed by atoms with van der Waals surface area (Å²) in [5.41, 5.74) is 2.72. The molecule has 1 aromatic rings. The summed E-state index contributed by atoms with van der Waals surface area (Å²) in [5.74, 6) is 1.54. The zero-order valence-electron chi connectivity index (χ0n) is 10.1. The molecule has 0 saturated carbocycles. The van der Waals surface area contributed by atoms with Gasteiger partial charge in [0, 0.05) is 26.1 Å². The first-order chi connectivity index (χ1) is 8.35. The van der Waals surface area contributed by atoms with E-state index in [0.717, 1.165) is 44.8 Å². The number of rotatable bonds is 3. The monoisotopic (exact) mass is 233 g/mol. The third-order valence-electron chi connectivity index (χ3n) is 3.79. The van der Waals surface area contributed by atoms with E-state index in [4.69, 9.17) is 9.84 Å². The maximum Gasteiger partial charge on any atom is 0.122 e. The van der Waals surface area contributed by atoms with Crippen LogP contribution in [0.3, 0.4) is 0 Å². The van der Waals surface area contributed by atoms with E-state index in [2.05, 4.69) is 23.1 Å². The highest BCUT2D eigenvalue weighted by Crippen LogP contribution is 2.27. The van der Waals surface area contributed by atoms with Crippen LogP contribution in [0, 0.1) is 5.92 Å². The Kier molecular flexibility index (Phi) is 3.04. The number of likely N-dealkylation sites (tertiary alicyclic amines) is 1. The summed E-state index contributed by atoms with van der Waals surface area (Å²) in [5, 5.41) is 9.13. The Balaban J connectivity index is 1.65. The first kappa shape index (κ1) is 11.1. The third kappa shape index (κ3) is 2.31. The second-order valence-electron chi connectivity index (χ2n) is 5.11. The summed E-state index contributed by atoms with van der Waals surface area (Å²) in [6.45, 7) is 4.30. The van der Waals surface area contributed by atoms with Gasteiger partial charge in [0.2, 0.25) is 0 Å². The number of hydrogen-bond donors (Lipinski definition) is 1. The lowest BCUT2D eigenvalue weighted by molar-refractivity contribution is 0.220. The van der Waals surface area contributed by atoms with Crippen molar-refractivity contribution in [3.05, 3.63) is 29.3 Å². The SMILES string of the molecule is OC[C@H]1CCN(Cc2ccc3c(c2)CCO3)C1. The van der Waals surface area contributed by atoms with Crippen molar-refractivity contribution in [2.75, 3.05) is 26.3 Å². The normalized spacial score (nSPS) is 23.7. The van der Waals surface area contributed by atoms with Gasteiger partial charge in [-0.15, -0.1) is 0 Å². The summed E-state index contributed by atoms with van der Waals surface area (Å²) >= 11 is 0. The lowest BCUT2D eigenvalue weighted by Gasteiger charge is -2.16. The largest absolute Gasteiger partial charge is 0.493 e. The molecule has 1 aromatic carbocycles. The van der Waals surface area contributed by atoms with Gasteiger partial charge in [-0.2, -0.15) is 0 Å². The van der Waals surface area contributed by atoms with E-state index in [-0.39, 0.29) is 0 Å². The van der Waals surface area contributed by atoms with E-state index in [0.29, 0.717) is 12.5 Å². The molecule has 0 spiro atoms. The van der Waals surface area contributed by atoms with Gasteiger partial charge in [-0.3, -0.25) is 4.90 Å². The lowest BCUT2D eigenvalue weighted by Crippen LogP contribution is -2.20. The molecule has 92 valence electrons. The molecule has 0 aliphatic carbocycles. The fourth-order valence-corrected chi connectivity index (χ4v) is 2.80. The van der Waals surface area contributed by atoms with Crippen molar-refractivity contribution in [3.63, 3.8) is 0 Å². The van der Waals surface area contributed by atoms with Crippen molar-refractivity contribution in [2.45, 2.75) is 19.4 Å². The molecule has 3 nitrogen and oxygen atoms in total. The lowest BCUT2D eigenvalue weighted by atomic mass is 10.1. The smallest absolute Gasteiger partial charge is 0.122 e. The van der Waals surface area contributed by atoms with E-state index in [1.54, 1.807) is 0 Å². The third-order valence-corrected chi connectivity index (χ3v) is 3.79. The number of hydrogen-bond acceptors (Lipinski definition) is 3. The maximum absolute atomic E-state index is 9.13. The standard InChI is InChI=1S/C14H19NO2/c16-10-12-3-5-15(9-12)8-11-1-2-14-13(7-11)4-6-17-14/h1-2,7,12,16H,3-6,8-10H2/t12-/m0/s1. The Morgan fingerprint density at radius 1 is 1.41 bits per heavy atom. The van der Waals surface area contributed by atoms with Gasteiger partial charge < -0.3 is 9.84 Å². The summed E-state index contributed by atoms with van der Waals surface area (Å²) in [6.07, 6.45) is 2.17. The maximum atomic E-state index is 9.13. The molecule has 3 heteroatoms. The van der Waals surface area contributed by atoms with Gasteiger partial charge in [-0.1, -0.05) is 12.1 Å². The van der Waals surface area contributed by atoms with E-state index < -0.39 is 0 Å². The van der Waals surface area contributed by atoms with E-state index in [1.165, 1.54) is 11.1 Å². The van der Waals surface area contributed by atoms with Crippen molar-refractivity contribution in [2.24, 2.45) is 5.92 Å². The quantitative estimate of drug-likeness (QED) is 0.857. The highest BCUT2D eigenvalue weighted by Gasteiger charge is 2.22. The van der Waals surface area contributed by atoms with Gasteiger partial charge in [-0.25, -0.2) is 0 Å². The summed E-state index contributed by atoms with van der Waals surface area (Å²) in [6, 6.07) is 6.53. The number of ether oxygens (including phenoxy) is 1. The molecule has 0 aromatic heterocycles. The van der Waals surface area contributed by atoms with Crippen molar-refractivity contribution < 1.29 is 9.84 Å². The topological polar surface area (TPSA) is 32.7 Å². The molecule has 0 unspecified atom stereocenters. The second kappa shape index (κ2) is 4.67. The molecule has 1 fully saturated rings. The molecule has 2 aliphatic rings. The van der Waals surface area contributed by atoms with E-state index in [1.807, 2.05) is 0 Å². The molecule has 1 saturated heterocycles. The van der Waals surface area contributed by atoms with Crippen LogP contribution in [0.15, 0.2) is 18.2 Å². The molecule has 1 atom stereocenters. The first-order valence-electron chi connectivity index (χ1n) is 6.43. The Bertz CT molecular complexity index is 405. The Hall–Kier alpha value is -1.06. The molecule has 0 bridgehead atoms. The van der Waals surface area contributed by atoms with Gasteiger partial charge in [-0.05, 0) is 36.1 Å². The van der Waals surface area contributed by atoms with Crippen molar-refractivity contribution in [1.82, 2.24) is 4.90 Å². The van der Waals surface area contributed by atoms with Crippen LogP contribution >= 0.6 is 0 Å². The minimum absolute atomic E-state index is 0.328. The zero-order valence-corrected chi connectivity index (χ0v) is 10.1. The van der Waals surface area contributed by atoms with Crippen molar-refractivity contribution in [3.8, 4) is 5.75 Å². The predicted molar refractivity (Wildman–Crippen MR) is 66.1 cm³/mol. The summed E-state index contributed by atoms with van der Waals surface area (Å²) < 4.78 is 5.51. The van der Waals surface area contributed by atoms with Gasteiger partial charge in [0.05, 0.1) is 6.61 Å². The number of aliphatic hydroxyl groups is 1. The second-order valence-corrected chi connectivity index (χ2v) is 5.11. The van der Waals surface area contributed by atoms with Crippen LogP contribution in [-0.4, -0.2) is 36.3 Å². The van der Waals surface area contributed by atoms with Crippen LogP contribution in [0.25, 0.3) is 0 Å². The van der Waals surface area contributed by atoms with Crippen LogP contribution in [0.5, 0.6) is 5.75 Å². The zero-order chi connectivity index (χ0) is 11.7. The summed E-state index contributed by atoms with van der Waals surface area (Å²) in [7, 11) is 0. The van der Waals surface area contributed by atoms with Crippen LogP contribution in [-0.2, 0) is 13.0 Å². The molecule has 1 N–H and O–H groups in total. The molecule has 2 heterocycles. The number of benzene rings is 1. The highest BCUT2D eigenvalue weighted by atomic mass is 16.5. The summed E-state index contributed by atoms with van der Waals surface area (Å²) in [4.78, 5) is 2.43. The number of aliphatic hydroxyl groups excluding tert-OH is 1. The predicted octanol–water partition coefficient (Wildman–Crippen LogP) is 1.44. The van der Waals surface area contributed by atoms with Crippen LogP contribution in [0.1, 0.15) is 17.5 Å². The average Bonchev–Trinajstić information content (AvgIpc) is 2.96. The molecular weight excluding hydrogens is 214 g/mol. The van der Waals surface area contributed by atoms with Crippen molar-refractivity contribution in [1.29, 1.82) is 0 Å². The fourth-order valence-electron chi connectivity index (χ4n) is 2.80. The van der Waals surface area contributed by atoms with Crippen LogP contribution in [0.4, 0.5) is 0 Å². The number of nitrogens with zero attached hydrogens (tertiary/aromatic N) is 1. The average molecular weight is 233 g/mol. The Morgan fingerprint density at radius 3 is 3.18 bits per heavy atom. The van der Waals surface area contributed by atoms with Gasteiger partial charge in [0.25, 0.3) is 0 Å². The van der Waals surface area contributed by atoms with Gasteiger partial charge in [0.1, 0.15) is 5.75 Å². The van der Waals surface area contributed by atoms with Gasteiger partial charge >= 0.3 is 0 Å². The molecule has 2 aliphatic heterocycles. The molecule has 0 radical (unpaired) electrons. The van der Waals surface area contributed by atoms with Crippen LogP contribution in [0.2, 0.25) is 0 Å². The Labute approximate surface area is 102 Å². The molecular formula is C14H19NO2. The minimum atomic E-state index is 0.328. The molecule has 3 rings (SSSR count). The number of fused-ring (bicyclic) bond motifs is 1. The highest BCUT2D eigenvalue weighted by molar-refractivity contribution is 5.39. The van der Waals surface area contributed by atoms with Crippen LogP contribution < -0.4 is 4.74 Å². The first-order valence-corrected chi connectivity index (χ1v) is 6.43.